The molecule has 0 radical (unpaired) electrons. The van der Waals surface area contributed by atoms with Gasteiger partial charge in [0.2, 0.25) is 0 Å². The maximum absolute atomic E-state index is 9.86. The van der Waals surface area contributed by atoms with Crippen molar-refractivity contribution in [2.75, 3.05) is 0 Å². The standard InChI is InChI=1S/C10H17BrO2/c1-6(2)10-5-8(12)9(3,13-10)4-7(10)11/h6-8,12H,4-5H2,1-3H3/t7-,8+,9-,10+/m1/s1. The Bertz CT molecular complexity index is 231. The third-order valence-corrected chi connectivity index (χ3v) is 4.83. The normalized spacial score (nSPS) is 54.9. The van der Waals surface area contributed by atoms with Crippen LogP contribution in [0.25, 0.3) is 0 Å². The Morgan fingerprint density at radius 2 is 2.08 bits per heavy atom. The van der Waals surface area contributed by atoms with E-state index in [9.17, 15) is 5.11 Å². The molecule has 0 spiro atoms. The third kappa shape index (κ3) is 1.13. The minimum atomic E-state index is -0.307. The average Bonchev–Trinajstić information content (AvgIpc) is 2.37. The SMILES string of the molecule is CC(C)[C@@]12C[C@H](O)[C@@](C)(C[C@H]1Br)O2. The summed E-state index contributed by atoms with van der Waals surface area (Å²) in [6.07, 6.45) is 1.41. The van der Waals surface area contributed by atoms with Gasteiger partial charge in [-0.25, -0.2) is 0 Å². The van der Waals surface area contributed by atoms with Crippen LogP contribution >= 0.6 is 15.9 Å². The van der Waals surface area contributed by atoms with Crippen molar-refractivity contribution in [3.05, 3.63) is 0 Å². The minimum Gasteiger partial charge on any atom is -0.390 e. The molecule has 1 N–H and O–H groups in total. The Hall–Kier alpha value is 0.400. The Labute approximate surface area is 87.8 Å². The predicted molar refractivity (Wildman–Crippen MR) is 55.0 cm³/mol. The maximum Gasteiger partial charge on any atom is 0.0933 e. The number of hydrogen-bond donors (Lipinski definition) is 1. The second kappa shape index (κ2) is 2.71. The Kier molecular flexibility index (Phi) is 2.07. The van der Waals surface area contributed by atoms with Crippen LogP contribution in [-0.4, -0.2) is 27.2 Å². The number of ether oxygens (including phenoxy) is 1. The average molecular weight is 249 g/mol. The van der Waals surface area contributed by atoms with Gasteiger partial charge >= 0.3 is 0 Å². The fourth-order valence-electron chi connectivity index (χ4n) is 2.68. The zero-order chi connectivity index (χ0) is 9.85. The highest BCUT2D eigenvalue weighted by atomic mass is 79.9. The van der Waals surface area contributed by atoms with Crippen LogP contribution in [0.1, 0.15) is 33.6 Å². The Morgan fingerprint density at radius 1 is 1.46 bits per heavy atom. The summed E-state index contributed by atoms with van der Waals surface area (Å²) < 4.78 is 6.04. The summed E-state index contributed by atoms with van der Waals surface area (Å²) in [6.45, 7) is 6.35. The number of aliphatic hydroxyl groups excluding tert-OH is 1. The van der Waals surface area contributed by atoms with Crippen LogP contribution in [0.5, 0.6) is 0 Å². The molecule has 2 aliphatic rings. The molecule has 13 heavy (non-hydrogen) atoms. The fraction of sp³-hybridized carbons (Fsp3) is 1.00. The van der Waals surface area contributed by atoms with Crippen molar-refractivity contribution in [2.24, 2.45) is 5.92 Å². The molecular weight excluding hydrogens is 232 g/mol. The highest BCUT2D eigenvalue weighted by Crippen LogP contribution is 2.56. The van der Waals surface area contributed by atoms with Gasteiger partial charge in [0.15, 0.2) is 0 Å². The minimum absolute atomic E-state index is 0.131. The van der Waals surface area contributed by atoms with Gasteiger partial charge < -0.3 is 9.84 Å². The number of aliphatic hydroxyl groups is 1. The molecule has 0 amide bonds. The molecule has 2 fully saturated rings. The second-order valence-electron chi connectivity index (χ2n) is 4.92. The van der Waals surface area contributed by atoms with E-state index in [4.69, 9.17) is 4.74 Å². The lowest BCUT2D eigenvalue weighted by Gasteiger charge is -2.34. The van der Waals surface area contributed by atoms with Crippen LogP contribution in [0.3, 0.4) is 0 Å². The molecule has 4 atom stereocenters. The van der Waals surface area contributed by atoms with Crippen molar-refractivity contribution in [1.82, 2.24) is 0 Å². The smallest absolute Gasteiger partial charge is 0.0933 e. The largest absolute Gasteiger partial charge is 0.390 e. The molecule has 0 saturated carbocycles. The summed E-state index contributed by atoms with van der Waals surface area (Å²) >= 11 is 3.68. The number of alkyl halides is 1. The predicted octanol–water partition coefficient (Wildman–Crippen LogP) is 2.09. The van der Waals surface area contributed by atoms with Crippen LogP contribution in [0, 0.1) is 5.92 Å². The number of fused-ring (bicyclic) bond motifs is 2. The van der Waals surface area contributed by atoms with E-state index < -0.39 is 0 Å². The molecular formula is C10H17BrO2. The van der Waals surface area contributed by atoms with Crippen molar-refractivity contribution >= 4 is 15.9 Å². The highest BCUT2D eigenvalue weighted by Gasteiger charge is 2.64. The summed E-state index contributed by atoms with van der Waals surface area (Å²) in [4.78, 5) is 0.397. The highest BCUT2D eigenvalue weighted by molar-refractivity contribution is 9.09. The Balaban J connectivity index is 2.32. The van der Waals surface area contributed by atoms with E-state index in [-0.39, 0.29) is 17.3 Å². The van der Waals surface area contributed by atoms with Crippen molar-refractivity contribution in [3.63, 3.8) is 0 Å². The van der Waals surface area contributed by atoms with Crippen molar-refractivity contribution in [1.29, 1.82) is 0 Å². The molecule has 0 aromatic rings. The topological polar surface area (TPSA) is 29.5 Å². The van der Waals surface area contributed by atoms with Crippen molar-refractivity contribution in [3.8, 4) is 0 Å². The van der Waals surface area contributed by atoms with Gasteiger partial charge in [0.05, 0.1) is 17.3 Å². The number of halogens is 1. The number of rotatable bonds is 1. The monoisotopic (exact) mass is 248 g/mol. The lowest BCUT2D eigenvalue weighted by atomic mass is 9.75. The van der Waals surface area contributed by atoms with E-state index in [1.165, 1.54) is 0 Å². The summed E-state index contributed by atoms with van der Waals surface area (Å²) in [5.41, 5.74) is -0.438. The van der Waals surface area contributed by atoms with Crippen LogP contribution in [0.15, 0.2) is 0 Å². The van der Waals surface area contributed by atoms with Crippen molar-refractivity contribution in [2.45, 2.75) is 55.7 Å². The summed E-state index contributed by atoms with van der Waals surface area (Å²) in [6, 6.07) is 0. The lowest BCUT2D eigenvalue weighted by molar-refractivity contribution is -0.0791. The van der Waals surface area contributed by atoms with Gasteiger partial charge in [0.1, 0.15) is 0 Å². The molecule has 3 heteroatoms. The molecule has 0 aromatic heterocycles. The van der Waals surface area contributed by atoms with Crippen LogP contribution in [0.2, 0.25) is 0 Å². The van der Waals surface area contributed by atoms with Gasteiger partial charge in [-0.05, 0) is 19.3 Å². The molecule has 76 valence electrons. The van der Waals surface area contributed by atoms with Gasteiger partial charge in [0, 0.05) is 11.2 Å². The summed E-state index contributed by atoms with van der Waals surface area (Å²) in [7, 11) is 0. The van der Waals surface area contributed by atoms with Gasteiger partial charge in [-0.3, -0.25) is 0 Å². The van der Waals surface area contributed by atoms with Gasteiger partial charge in [-0.15, -0.1) is 0 Å². The van der Waals surface area contributed by atoms with Crippen LogP contribution < -0.4 is 0 Å². The van der Waals surface area contributed by atoms with Gasteiger partial charge in [-0.2, -0.15) is 0 Å². The fourth-order valence-corrected chi connectivity index (χ4v) is 4.13. The molecule has 2 aliphatic heterocycles. The molecule has 2 saturated heterocycles. The molecule has 0 aliphatic carbocycles. The zero-order valence-electron chi connectivity index (χ0n) is 8.38. The van der Waals surface area contributed by atoms with E-state index in [1.54, 1.807) is 0 Å². The molecule has 0 unspecified atom stereocenters. The van der Waals surface area contributed by atoms with E-state index >= 15 is 0 Å². The summed E-state index contributed by atoms with van der Waals surface area (Å²) in [5.74, 6) is 0.454. The van der Waals surface area contributed by atoms with E-state index in [2.05, 4.69) is 29.8 Å². The molecule has 2 bridgehead atoms. The van der Waals surface area contributed by atoms with Crippen LogP contribution in [0.4, 0.5) is 0 Å². The summed E-state index contributed by atoms with van der Waals surface area (Å²) in [5, 5.41) is 9.86. The third-order valence-electron chi connectivity index (χ3n) is 3.73. The van der Waals surface area contributed by atoms with E-state index in [0.717, 1.165) is 12.8 Å². The first-order chi connectivity index (χ1) is 5.91. The molecule has 2 heterocycles. The quantitative estimate of drug-likeness (QED) is 0.721. The molecule has 0 aromatic carbocycles. The first kappa shape index (κ1) is 9.94. The number of hydrogen-bond acceptors (Lipinski definition) is 2. The maximum atomic E-state index is 9.86. The zero-order valence-corrected chi connectivity index (χ0v) is 9.97. The lowest BCUT2D eigenvalue weighted by Crippen LogP contribution is -2.43. The first-order valence-corrected chi connectivity index (χ1v) is 5.84. The molecule has 2 rings (SSSR count). The van der Waals surface area contributed by atoms with E-state index in [0.29, 0.717) is 10.7 Å². The van der Waals surface area contributed by atoms with Gasteiger partial charge in [0.25, 0.3) is 0 Å². The van der Waals surface area contributed by atoms with E-state index in [1.807, 2.05) is 6.92 Å². The Morgan fingerprint density at radius 3 is 2.38 bits per heavy atom. The van der Waals surface area contributed by atoms with Crippen molar-refractivity contribution < 1.29 is 9.84 Å². The molecule has 2 nitrogen and oxygen atoms in total. The first-order valence-electron chi connectivity index (χ1n) is 4.93. The second-order valence-corrected chi connectivity index (χ2v) is 6.02. The van der Waals surface area contributed by atoms with Crippen LogP contribution in [-0.2, 0) is 4.74 Å². The van der Waals surface area contributed by atoms with Gasteiger partial charge in [-0.1, -0.05) is 29.8 Å².